The highest BCUT2D eigenvalue weighted by Gasteiger charge is 2.26. The fourth-order valence-corrected chi connectivity index (χ4v) is 11.0. The average Bonchev–Trinajstić information content (AvgIpc) is 3.74. The molecule has 0 heterocycles. The quantitative estimate of drug-likeness (QED) is 0.0264. The Kier molecular flexibility index (Phi) is 71.5. The number of carbonyl (C=O) groups is 2. The molecule has 0 radical (unpaired) electrons. The Bertz CT molecular complexity index is 2010. The number of ether oxygens (including phenoxy) is 2. The molecule has 2 unspecified atom stereocenters. The first kappa shape index (κ1) is 86.9. The van der Waals surface area contributed by atoms with Crippen molar-refractivity contribution < 1.29 is 37.6 Å². The number of allylic oxidation sites excluding steroid dienone is 24. The summed E-state index contributed by atoms with van der Waals surface area (Å²) in [5.41, 5.74) is 5.40. The molecule has 91 heavy (non-hydrogen) atoms. The monoisotopic (exact) mass is 1280 g/mol. The molecule has 0 aromatic heterocycles. The molecule has 0 aliphatic carbocycles. The summed E-state index contributed by atoms with van der Waals surface area (Å²) in [5.74, 6) is -0.865. The second kappa shape index (κ2) is 74.9. The number of hydrogen-bond acceptors (Lipinski definition) is 8. The van der Waals surface area contributed by atoms with E-state index in [1.807, 2.05) is 0 Å². The number of carbonyl (C=O) groups excluding carboxylic acids is 2. The van der Waals surface area contributed by atoms with Gasteiger partial charge >= 0.3 is 19.8 Å². The van der Waals surface area contributed by atoms with Crippen LogP contribution in [-0.4, -0.2) is 49.3 Å². The van der Waals surface area contributed by atoms with Crippen LogP contribution in [0.5, 0.6) is 0 Å². The van der Waals surface area contributed by atoms with E-state index in [1.54, 1.807) is 0 Å². The van der Waals surface area contributed by atoms with Crippen LogP contribution in [0.15, 0.2) is 146 Å². The normalized spacial score (nSPS) is 13.8. The summed E-state index contributed by atoms with van der Waals surface area (Å²) in [7, 11) is -4.41. The number of rotatable bonds is 69. The minimum absolute atomic E-state index is 0.0415. The van der Waals surface area contributed by atoms with Gasteiger partial charge in [-0.1, -0.05) is 333 Å². The minimum atomic E-state index is -4.41. The molecule has 0 aromatic rings. The number of phosphoric ester groups is 1. The predicted octanol–water partition coefficient (Wildman–Crippen LogP) is 25.0. The van der Waals surface area contributed by atoms with E-state index in [0.29, 0.717) is 6.42 Å². The van der Waals surface area contributed by atoms with Gasteiger partial charge in [-0.3, -0.25) is 18.6 Å². The van der Waals surface area contributed by atoms with Gasteiger partial charge in [-0.25, -0.2) is 4.57 Å². The van der Waals surface area contributed by atoms with Crippen LogP contribution in [0.3, 0.4) is 0 Å². The number of esters is 2. The summed E-state index contributed by atoms with van der Waals surface area (Å²) in [5, 5.41) is 0. The molecular formula is C81H138NO8P. The Balaban J connectivity index is 3.96. The summed E-state index contributed by atoms with van der Waals surface area (Å²) >= 11 is 0. The topological polar surface area (TPSA) is 134 Å². The lowest BCUT2D eigenvalue weighted by molar-refractivity contribution is -0.161. The zero-order valence-electron chi connectivity index (χ0n) is 58.5. The maximum atomic E-state index is 12.8. The second-order valence-electron chi connectivity index (χ2n) is 24.4. The number of hydrogen-bond donors (Lipinski definition) is 2. The van der Waals surface area contributed by atoms with Gasteiger partial charge in [-0.15, -0.1) is 0 Å². The third-order valence-electron chi connectivity index (χ3n) is 15.7. The molecule has 0 aromatic carbocycles. The average molecular weight is 1280 g/mol. The standard InChI is InChI=1S/C81H138NO8P/c1-3-5-7-9-11-13-15-17-19-21-23-25-27-29-31-33-35-37-38-39-40-42-44-46-48-50-52-54-56-58-60-62-64-66-68-70-72-74-81(84)90-79(78-89-91(85,86)88-76-75-82)77-87-80(83)73-71-69-67-65-63-61-59-57-55-53-51-49-47-45-43-41-36-34-32-30-28-26-24-22-20-18-16-14-12-10-8-6-4-2/h5,7,11,13,17,19,22-25,29,31,35,37,39-40,44,46,50,52,56,58,62,64,79H,3-4,6,8-10,12,14-16,18,20-21,26-28,30,32-34,36,38,41-43,45,47-49,51,53-55,57,59-61,63,65-78,82H2,1-2H3,(H,85,86)/b7-5-,13-11-,19-17-,24-22-,25-23-,31-29-,37-35-,40-39-,46-44-,52-50-,58-56-,64-62-. The van der Waals surface area contributed by atoms with Gasteiger partial charge in [0.15, 0.2) is 6.10 Å². The van der Waals surface area contributed by atoms with Gasteiger partial charge in [0.05, 0.1) is 13.2 Å². The smallest absolute Gasteiger partial charge is 0.462 e. The highest BCUT2D eigenvalue weighted by molar-refractivity contribution is 7.47. The molecule has 0 aliphatic heterocycles. The van der Waals surface area contributed by atoms with Crippen molar-refractivity contribution >= 4 is 19.8 Å². The Morgan fingerprint density at radius 3 is 0.923 bits per heavy atom. The van der Waals surface area contributed by atoms with Crippen LogP contribution in [0.25, 0.3) is 0 Å². The van der Waals surface area contributed by atoms with Crippen molar-refractivity contribution in [2.24, 2.45) is 5.73 Å². The van der Waals surface area contributed by atoms with Crippen LogP contribution in [0, 0.1) is 0 Å². The van der Waals surface area contributed by atoms with Gasteiger partial charge in [0.2, 0.25) is 0 Å². The molecule has 0 amide bonds. The number of unbranched alkanes of at least 4 members (excludes halogenated alkanes) is 32. The molecule has 520 valence electrons. The van der Waals surface area contributed by atoms with E-state index in [4.69, 9.17) is 24.3 Å². The summed E-state index contributed by atoms with van der Waals surface area (Å²) in [4.78, 5) is 35.4. The van der Waals surface area contributed by atoms with E-state index in [0.717, 1.165) is 109 Å². The van der Waals surface area contributed by atoms with Crippen molar-refractivity contribution in [1.29, 1.82) is 0 Å². The van der Waals surface area contributed by atoms with Crippen molar-refractivity contribution in [2.45, 2.75) is 328 Å². The van der Waals surface area contributed by atoms with Crippen LogP contribution in [0.2, 0.25) is 0 Å². The maximum Gasteiger partial charge on any atom is 0.472 e. The summed E-state index contributed by atoms with van der Waals surface area (Å²) in [6.07, 6.45) is 108. The van der Waals surface area contributed by atoms with Gasteiger partial charge in [0, 0.05) is 19.4 Å². The van der Waals surface area contributed by atoms with Crippen molar-refractivity contribution in [3.63, 3.8) is 0 Å². The Hall–Kier alpha value is -4.11. The van der Waals surface area contributed by atoms with Crippen LogP contribution >= 0.6 is 7.82 Å². The minimum Gasteiger partial charge on any atom is -0.462 e. The maximum absolute atomic E-state index is 12.8. The van der Waals surface area contributed by atoms with Crippen molar-refractivity contribution in [3.8, 4) is 0 Å². The fraction of sp³-hybridized carbons (Fsp3) is 0.679. The van der Waals surface area contributed by atoms with Crippen LogP contribution in [0.4, 0.5) is 0 Å². The number of phosphoric acid groups is 1. The molecular weight excluding hydrogens is 1150 g/mol. The van der Waals surface area contributed by atoms with E-state index < -0.39 is 26.5 Å². The van der Waals surface area contributed by atoms with E-state index in [1.165, 1.54) is 180 Å². The van der Waals surface area contributed by atoms with Gasteiger partial charge in [-0.2, -0.15) is 0 Å². The highest BCUT2D eigenvalue weighted by atomic mass is 31.2. The summed E-state index contributed by atoms with van der Waals surface area (Å²) in [6, 6.07) is 0. The zero-order chi connectivity index (χ0) is 65.8. The molecule has 0 aliphatic rings. The van der Waals surface area contributed by atoms with Crippen LogP contribution < -0.4 is 5.73 Å². The van der Waals surface area contributed by atoms with Crippen LogP contribution in [0.1, 0.15) is 322 Å². The highest BCUT2D eigenvalue weighted by Crippen LogP contribution is 2.43. The molecule has 2 atom stereocenters. The zero-order valence-corrected chi connectivity index (χ0v) is 59.4. The lowest BCUT2D eigenvalue weighted by Crippen LogP contribution is -2.29. The molecule has 0 fully saturated rings. The molecule has 10 heteroatoms. The molecule has 0 saturated heterocycles. The van der Waals surface area contributed by atoms with Crippen molar-refractivity contribution in [1.82, 2.24) is 0 Å². The first-order valence-electron chi connectivity index (χ1n) is 37.3. The van der Waals surface area contributed by atoms with Crippen molar-refractivity contribution in [2.75, 3.05) is 26.4 Å². The molecule has 0 rings (SSSR count). The first-order valence-corrected chi connectivity index (χ1v) is 38.8. The predicted molar refractivity (Wildman–Crippen MR) is 394 cm³/mol. The third kappa shape index (κ3) is 74.8. The first-order chi connectivity index (χ1) is 44.8. The lowest BCUT2D eigenvalue weighted by atomic mass is 10.0. The van der Waals surface area contributed by atoms with Gasteiger partial charge in [-0.05, 0) is 122 Å². The van der Waals surface area contributed by atoms with E-state index in [-0.39, 0.29) is 38.6 Å². The van der Waals surface area contributed by atoms with E-state index in [2.05, 4.69) is 160 Å². The summed E-state index contributed by atoms with van der Waals surface area (Å²) in [6.45, 7) is 3.61. The van der Waals surface area contributed by atoms with Gasteiger partial charge in [0.25, 0.3) is 0 Å². The largest absolute Gasteiger partial charge is 0.472 e. The Labute approximate surface area is 560 Å². The SMILES string of the molecule is CC/C=C\C/C=C\C/C=C\C/C=C\C/C=C\C/C=C\C/C=C\C/C=C\C/C=C\C/C=C\C/C=C\CCCCCC(=O)OC(COC(=O)CCCCCCCCCCCCCCCCCCCCCCC/C=C\CCCCCCCCCC)COP(=O)(O)OCCN. The Morgan fingerprint density at radius 1 is 0.341 bits per heavy atom. The molecule has 0 saturated carbocycles. The van der Waals surface area contributed by atoms with E-state index in [9.17, 15) is 19.0 Å². The fourth-order valence-electron chi connectivity index (χ4n) is 10.2. The molecule has 0 spiro atoms. The Morgan fingerprint density at radius 2 is 0.604 bits per heavy atom. The molecule has 0 bridgehead atoms. The van der Waals surface area contributed by atoms with E-state index >= 15 is 0 Å². The third-order valence-corrected chi connectivity index (χ3v) is 16.7. The summed E-state index contributed by atoms with van der Waals surface area (Å²) < 4.78 is 33.2. The van der Waals surface area contributed by atoms with Crippen molar-refractivity contribution in [3.05, 3.63) is 146 Å². The van der Waals surface area contributed by atoms with Crippen LogP contribution in [-0.2, 0) is 32.7 Å². The van der Waals surface area contributed by atoms with Gasteiger partial charge in [0.1, 0.15) is 6.61 Å². The van der Waals surface area contributed by atoms with Gasteiger partial charge < -0.3 is 20.1 Å². The second-order valence-corrected chi connectivity index (χ2v) is 25.9. The lowest BCUT2D eigenvalue weighted by Gasteiger charge is -2.19. The number of nitrogens with two attached hydrogens (primary N) is 1. The molecule has 3 N–H and O–H groups in total. The molecule has 9 nitrogen and oxygen atoms in total.